The quantitative estimate of drug-likeness (QED) is 0.754. The van der Waals surface area contributed by atoms with Crippen molar-refractivity contribution in [1.29, 1.82) is 0 Å². The van der Waals surface area contributed by atoms with Gasteiger partial charge in [0.2, 0.25) is 10.0 Å². The number of ether oxygens (including phenoxy) is 1. The third-order valence-electron chi connectivity index (χ3n) is 4.87. The number of hydrogen-bond acceptors (Lipinski definition) is 4. The Hall–Kier alpha value is -1.97. The second-order valence-electron chi connectivity index (χ2n) is 6.78. The molecule has 0 saturated heterocycles. The number of nitrogens with two attached hydrogens (primary N) is 1. The van der Waals surface area contributed by atoms with Crippen LogP contribution in [0.15, 0.2) is 39.7 Å². The molecule has 0 fully saturated rings. The van der Waals surface area contributed by atoms with Gasteiger partial charge in [-0.15, -0.1) is 0 Å². The molecule has 142 valence electrons. The SMILES string of the molecule is C[C@@H]1Cc2cc(F)c(S(N)(=O)=O)cc2N1C(=O)C1Cc2cc(Br)ccc2O1. The highest BCUT2D eigenvalue weighted by atomic mass is 79.9. The van der Waals surface area contributed by atoms with Gasteiger partial charge in [0, 0.05) is 22.6 Å². The molecule has 0 spiro atoms. The molecule has 0 bridgehead atoms. The summed E-state index contributed by atoms with van der Waals surface area (Å²) in [6.45, 7) is 1.82. The van der Waals surface area contributed by atoms with Crippen LogP contribution >= 0.6 is 15.9 Å². The molecule has 4 rings (SSSR count). The van der Waals surface area contributed by atoms with E-state index in [0.717, 1.165) is 22.2 Å². The van der Waals surface area contributed by atoms with Crippen molar-refractivity contribution in [3.63, 3.8) is 0 Å². The van der Waals surface area contributed by atoms with E-state index in [0.29, 0.717) is 29.8 Å². The summed E-state index contributed by atoms with van der Waals surface area (Å²) in [6.07, 6.45) is 0.120. The topological polar surface area (TPSA) is 89.7 Å². The maximum Gasteiger partial charge on any atom is 0.268 e. The third-order valence-corrected chi connectivity index (χ3v) is 6.28. The summed E-state index contributed by atoms with van der Waals surface area (Å²) in [4.78, 5) is 14.0. The molecular weight excluding hydrogens is 439 g/mol. The Morgan fingerprint density at radius 2 is 2.00 bits per heavy atom. The van der Waals surface area contributed by atoms with Crippen LogP contribution in [0, 0.1) is 5.82 Å². The lowest BCUT2D eigenvalue weighted by Gasteiger charge is -2.25. The van der Waals surface area contributed by atoms with Crippen molar-refractivity contribution in [2.75, 3.05) is 4.90 Å². The molecular formula is C18H16BrFN2O4S. The maximum atomic E-state index is 14.1. The Labute approximate surface area is 164 Å². The highest BCUT2D eigenvalue weighted by molar-refractivity contribution is 9.10. The van der Waals surface area contributed by atoms with E-state index < -0.39 is 26.8 Å². The van der Waals surface area contributed by atoms with E-state index in [1.54, 1.807) is 6.07 Å². The van der Waals surface area contributed by atoms with Crippen molar-refractivity contribution in [3.05, 3.63) is 51.7 Å². The molecule has 2 aliphatic rings. The molecule has 0 radical (unpaired) electrons. The number of halogens is 2. The van der Waals surface area contributed by atoms with Gasteiger partial charge in [0.15, 0.2) is 6.10 Å². The van der Waals surface area contributed by atoms with Gasteiger partial charge in [0.25, 0.3) is 5.91 Å². The van der Waals surface area contributed by atoms with Crippen LogP contribution in [0.4, 0.5) is 10.1 Å². The first-order chi connectivity index (χ1) is 12.6. The second-order valence-corrected chi connectivity index (χ2v) is 9.23. The van der Waals surface area contributed by atoms with Gasteiger partial charge in [-0.2, -0.15) is 0 Å². The van der Waals surface area contributed by atoms with Crippen LogP contribution in [0.3, 0.4) is 0 Å². The van der Waals surface area contributed by atoms with E-state index in [4.69, 9.17) is 9.88 Å². The standard InChI is InChI=1S/C18H16BrFN2O4S/c1-9-4-10-6-13(20)17(27(21,24)25)8-14(10)22(9)18(23)16-7-11-5-12(19)2-3-15(11)26-16/h2-3,5-6,8-9,16H,4,7H2,1H3,(H2,21,24,25)/t9-,16?/m1/s1. The number of carbonyl (C=O) groups excluding carboxylic acids is 1. The number of carbonyl (C=O) groups is 1. The molecule has 2 aliphatic heterocycles. The average molecular weight is 455 g/mol. The third kappa shape index (κ3) is 3.13. The second kappa shape index (κ2) is 6.29. The van der Waals surface area contributed by atoms with Crippen molar-refractivity contribution in [2.45, 2.75) is 36.8 Å². The number of fused-ring (bicyclic) bond motifs is 2. The summed E-state index contributed by atoms with van der Waals surface area (Å²) in [6, 6.07) is 7.56. The zero-order chi connectivity index (χ0) is 19.5. The molecule has 2 aromatic carbocycles. The van der Waals surface area contributed by atoms with Crippen molar-refractivity contribution in [2.24, 2.45) is 5.14 Å². The van der Waals surface area contributed by atoms with Crippen LogP contribution in [0.5, 0.6) is 5.75 Å². The number of anilines is 1. The molecule has 2 aromatic rings. The lowest BCUT2D eigenvalue weighted by molar-refractivity contribution is -0.124. The van der Waals surface area contributed by atoms with Gasteiger partial charge >= 0.3 is 0 Å². The zero-order valence-corrected chi connectivity index (χ0v) is 16.7. The number of nitrogens with zero attached hydrogens (tertiary/aromatic N) is 1. The van der Waals surface area contributed by atoms with Crippen LogP contribution in [0.25, 0.3) is 0 Å². The lowest BCUT2D eigenvalue weighted by atomic mass is 10.1. The predicted octanol–water partition coefficient (Wildman–Crippen LogP) is 2.52. The van der Waals surface area contributed by atoms with Gasteiger partial charge in [0.1, 0.15) is 16.5 Å². The minimum Gasteiger partial charge on any atom is -0.480 e. The molecule has 9 heteroatoms. The fourth-order valence-electron chi connectivity index (χ4n) is 3.68. The summed E-state index contributed by atoms with van der Waals surface area (Å²) in [5.41, 5.74) is 1.84. The molecule has 0 aliphatic carbocycles. The van der Waals surface area contributed by atoms with E-state index in [1.807, 2.05) is 19.1 Å². The number of hydrogen-bond donors (Lipinski definition) is 1. The molecule has 27 heavy (non-hydrogen) atoms. The molecule has 0 aromatic heterocycles. The van der Waals surface area contributed by atoms with E-state index in [1.165, 1.54) is 4.90 Å². The van der Waals surface area contributed by atoms with Crippen LogP contribution in [-0.2, 0) is 27.7 Å². The Bertz CT molecular complexity index is 1070. The van der Waals surface area contributed by atoms with Crippen molar-refractivity contribution in [3.8, 4) is 5.75 Å². The van der Waals surface area contributed by atoms with Crippen LogP contribution < -0.4 is 14.8 Å². The molecule has 0 saturated carbocycles. The molecule has 1 unspecified atom stereocenters. The number of benzene rings is 2. The first kappa shape index (κ1) is 18.4. The van der Waals surface area contributed by atoms with Crippen molar-refractivity contribution >= 4 is 37.5 Å². The smallest absolute Gasteiger partial charge is 0.268 e. The number of amides is 1. The normalized spacial score (nSPS) is 21.0. The van der Waals surface area contributed by atoms with Crippen LogP contribution in [0.2, 0.25) is 0 Å². The van der Waals surface area contributed by atoms with Crippen molar-refractivity contribution < 1.29 is 22.3 Å². The summed E-state index contributed by atoms with van der Waals surface area (Å²) in [5.74, 6) is -0.555. The molecule has 6 nitrogen and oxygen atoms in total. The van der Waals surface area contributed by atoms with Crippen LogP contribution in [0.1, 0.15) is 18.1 Å². The summed E-state index contributed by atoms with van der Waals surface area (Å²) < 4.78 is 44.1. The number of rotatable bonds is 2. The Balaban J connectivity index is 1.69. The van der Waals surface area contributed by atoms with E-state index in [2.05, 4.69) is 15.9 Å². The predicted molar refractivity (Wildman–Crippen MR) is 101 cm³/mol. The Kier molecular flexibility index (Phi) is 4.28. The fourth-order valence-corrected chi connectivity index (χ4v) is 4.70. The number of sulfonamides is 1. The number of primary sulfonamides is 1. The molecule has 2 atom stereocenters. The summed E-state index contributed by atoms with van der Waals surface area (Å²) in [7, 11) is -4.24. The van der Waals surface area contributed by atoms with E-state index in [-0.39, 0.29) is 11.9 Å². The van der Waals surface area contributed by atoms with Gasteiger partial charge in [-0.1, -0.05) is 15.9 Å². The van der Waals surface area contributed by atoms with Gasteiger partial charge in [-0.05, 0) is 54.8 Å². The zero-order valence-electron chi connectivity index (χ0n) is 14.3. The summed E-state index contributed by atoms with van der Waals surface area (Å²) >= 11 is 3.40. The van der Waals surface area contributed by atoms with E-state index >= 15 is 0 Å². The first-order valence-corrected chi connectivity index (χ1v) is 10.6. The first-order valence-electron chi connectivity index (χ1n) is 8.28. The van der Waals surface area contributed by atoms with Crippen molar-refractivity contribution in [1.82, 2.24) is 0 Å². The largest absolute Gasteiger partial charge is 0.480 e. The van der Waals surface area contributed by atoms with Gasteiger partial charge < -0.3 is 9.64 Å². The highest BCUT2D eigenvalue weighted by Crippen LogP contribution is 2.38. The van der Waals surface area contributed by atoms with Gasteiger partial charge in [-0.25, -0.2) is 17.9 Å². The fraction of sp³-hybridized carbons (Fsp3) is 0.278. The molecule has 1 amide bonds. The summed E-state index contributed by atoms with van der Waals surface area (Å²) in [5, 5.41) is 5.10. The minimum atomic E-state index is -4.24. The average Bonchev–Trinajstić information content (AvgIpc) is 3.11. The minimum absolute atomic E-state index is 0.248. The lowest BCUT2D eigenvalue weighted by Crippen LogP contribution is -2.44. The van der Waals surface area contributed by atoms with Gasteiger partial charge in [-0.3, -0.25) is 4.79 Å². The molecule has 2 heterocycles. The Morgan fingerprint density at radius 1 is 1.26 bits per heavy atom. The van der Waals surface area contributed by atoms with E-state index in [9.17, 15) is 17.6 Å². The Morgan fingerprint density at radius 3 is 2.70 bits per heavy atom. The maximum absolute atomic E-state index is 14.1. The van der Waals surface area contributed by atoms with Gasteiger partial charge in [0.05, 0.1) is 0 Å². The molecule has 2 N–H and O–H groups in total. The van der Waals surface area contributed by atoms with Crippen LogP contribution in [-0.4, -0.2) is 26.5 Å². The highest BCUT2D eigenvalue weighted by Gasteiger charge is 2.39. The monoisotopic (exact) mass is 454 g/mol.